The summed E-state index contributed by atoms with van der Waals surface area (Å²) < 4.78 is 17.1. The molecule has 0 radical (unpaired) electrons. The number of nitrogens with one attached hydrogen (secondary N) is 3. The number of likely N-dealkylation sites (N-methyl/N-ethyl adjacent to an activating group) is 1. The molecule has 3 aromatic rings. The maximum absolute atomic E-state index is 13.6. The first-order chi connectivity index (χ1) is 18.5. The highest BCUT2D eigenvalue weighted by Crippen LogP contribution is 2.40. The topological polar surface area (TPSA) is 101 Å². The van der Waals surface area contributed by atoms with Gasteiger partial charge in [0.05, 0.1) is 37.6 Å². The number of hydrogen-bond acceptors (Lipinski definition) is 7. The first-order valence-corrected chi connectivity index (χ1v) is 12.6. The summed E-state index contributed by atoms with van der Waals surface area (Å²) in [7, 11) is 4.91. The summed E-state index contributed by atoms with van der Waals surface area (Å²) in [5.41, 5.74) is 5.84. The number of carbonyl (C=O) groups excluding carboxylic acids is 2. The van der Waals surface area contributed by atoms with E-state index in [0.29, 0.717) is 41.6 Å². The summed E-state index contributed by atoms with van der Waals surface area (Å²) in [5.74, 6) is 0.798. The molecule has 0 saturated heterocycles. The van der Waals surface area contributed by atoms with Gasteiger partial charge in [0.25, 0.3) is 5.91 Å². The first kappa shape index (κ1) is 25.6. The van der Waals surface area contributed by atoms with Gasteiger partial charge in [-0.25, -0.2) is 0 Å². The molecule has 1 atom stereocenters. The van der Waals surface area contributed by atoms with Gasteiger partial charge >= 0.3 is 0 Å². The molecule has 0 fully saturated rings. The standard InChI is InChI=1S/C29H32N4O5/c1-30-15-28(34)32-21-9-18(16-36-2)8-19(10-21)17-38-27-13-24-23(12-26(27)37-3)29(35)33-22(14-31-24)11-20-6-4-5-7-25(20)33/h4-10,12-13,22,30-31H,11,14-17H2,1-3H3,(H,32,34). The van der Waals surface area contributed by atoms with Crippen LogP contribution in [0.5, 0.6) is 11.5 Å². The number of amides is 2. The predicted octanol–water partition coefficient (Wildman–Crippen LogP) is 3.58. The fourth-order valence-electron chi connectivity index (χ4n) is 5.11. The number of benzene rings is 3. The second kappa shape index (κ2) is 11.1. The smallest absolute Gasteiger partial charge is 0.260 e. The van der Waals surface area contributed by atoms with Crippen LogP contribution in [0.25, 0.3) is 0 Å². The Bertz CT molecular complexity index is 1360. The van der Waals surface area contributed by atoms with E-state index in [4.69, 9.17) is 14.2 Å². The van der Waals surface area contributed by atoms with Gasteiger partial charge in [-0.1, -0.05) is 18.2 Å². The van der Waals surface area contributed by atoms with Gasteiger partial charge in [0.1, 0.15) is 6.61 Å². The number of nitrogens with zero attached hydrogens (tertiary/aromatic N) is 1. The van der Waals surface area contributed by atoms with Gasteiger partial charge in [0.2, 0.25) is 5.91 Å². The number of rotatable bonds is 9. The Morgan fingerprint density at radius 1 is 1.05 bits per heavy atom. The minimum Gasteiger partial charge on any atom is -0.493 e. The van der Waals surface area contributed by atoms with Crippen molar-refractivity contribution in [3.63, 3.8) is 0 Å². The summed E-state index contributed by atoms with van der Waals surface area (Å²) in [6.45, 7) is 1.48. The van der Waals surface area contributed by atoms with Crippen LogP contribution >= 0.6 is 0 Å². The van der Waals surface area contributed by atoms with Crippen molar-refractivity contribution in [2.45, 2.75) is 25.7 Å². The summed E-state index contributed by atoms with van der Waals surface area (Å²) in [6, 6.07) is 17.4. The van der Waals surface area contributed by atoms with Crippen LogP contribution in [0, 0.1) is 0 Å². The lowest BCUT2D eigenvalue weighted by Crippen LogP contribution is -2.39. The van der Waals surface area contributed by atoms with E-state index < -0.39 is 0 Å². The zero-order valence-electron chi connectivity index (χ0n) is 21.8. The maximum atomic E-state index is 13.6. The molecule has 3 aromatic carbocycles. The molecule has 2 aliphatic rings. The third-order valence-electron chi connectivity index (χ3n) is 6.73. The third-order valence-corrected chi connectivity index (χ3v) is 6.73. The third kappa shape index (κ3) is 5.16. The Labute approximate surface area is 222 Å². The van der Waals surface area contributed by atoms with Crippen molar-refractivity contribution < 1.29 is 23.8 Å². The molecule has 0 aliphatic carbocycles. The van der Waals surface area contributed by atoms with Gasteiger partial charge in [-0.2, -0.15) is 0 Å². The molecule has 198 valence electrons. The number of ether oxygens (including phenoxy) is 3. The van der Waals surface area contributed by atoms with Crippen LogP contribution in [0.3, 0.4) is 0 Å². The second-order valence-electron chi connectivity index (χ2n) is 9.43. The Kier molecular flexibility index (Phi) is 7.48. The van der Waals surface area contributed by atoms with Gasteiger partial charge in [-0.05, 0) is 60.5 Å². The van der Waals surface area contributed by atoms with E-state index >= 15 is 0 Å². The minimum atomic E-state index is -0.139. The Hall–Kier alpha value is -4.08. The summed E-state index contributed by atoms with van der Waals surface area (Å²) in [4.78, 5) is 27.6. The molecule has 0 saturated carbocycles. The van der Waals surface area contributed by atoms with Crippen LogP contribution in [-0.4, -0.2) is 52.2 Å². The van der Waals surface area contributed by atoms with Crippen molar-refractivity contribution in [3.8, 4) is 11.5 Å². The molecule has 0 bridgehead atoms. The van der Waals surface area contributed by atoms with E-state index in [9.17, 15) is 9.59 Å². The van der Waals surface area contributed by atoms with Crippen molar-refractivity contribution in [1.29, 1.82) is 0 Å². The van der Waals surface area contributed by atoms with Gasteiger partial charge in [0.15, 0.2) is 11.5 Å². The molecule has 3 N–H and O–H groups in total. The van der Waals surface area contributed by atoms with E-state index in [2.05, 4.69) is 22.0 Å². The van der Waals surface area contributed by atoms with Crippen molar-refractivity contribution in [1.82, 2.24) is 5.32 Å². The molecule has 0 aromatic heterocycles. The second-order valence-corrected chi connectivity index (χ2v) is 9.43. The molecule has 2 aliphatic heterocycles. The Morgan fingerprint density at radius 3 is 2.61 bits per heavy atom. The lowest BCUT2D eigenvalue weighted by molar-refractivity contribution is -0.115. The Morgan fingerprint density at radius 2 is 1.84 bits per heavy atom. The van der Waals surface area contributed by atoms with Gasteiger partial charge in [-0.15, -0.1) is 0 Å². The van der Waals surface area contributed by atoms with E-state index in [0.717, 1.165) is 23.2 Å². The highest BCUT2D eigenvalue weighted by molar-refractivity contribution is 6.12. The average Bonchev–Trinajstić information content (AvgIpc) is 3.22. The van der Waals surface area contributed by atoms with Crippen LogP contribution in [0.4, 0.5) is 17.1 Å². The molecule has 2 amide bonds. The van der Waals surface area contributed by atoms with E-state index in [1.54, 1.807) is 27.3 Å². The molecule has 0 spiro atoms. The number of anilines is 3. The van der Waals surface area contributed by atoms with Crippen molar-refractivity contribution in [3.05, 3.63) is 76.9 Å². The van der Waals surface area contributed by atoms with Crippen LogP contribution in [0.2, 0.25) is 0 Å². The van der Waals surface area contributed by atoms with Crippen molar-refractivity contribution >= 4 is 28.9 Å². The van der Waals surface area contributed by atoms with E-state index in [1.165, 1.54) is 5.56 Å². The van der Waals surface area contributed by atoms with Crippen LogP contribution in [0.1, 0.15) is 27.0 Å². The fraction of sp³-hybridized carbons (Fsp3) is 0.310. The minimum absolute atomic E-state index is 0.0442. The molecule has 38 heavy (non-hydrogen) atoms. The number of para-hydroxylation sites is 1. The molecule has 2 heterocycles. The average molecular weight is 517 g/mol. The quantitative estimate of drug-likeness (QED) is 0.400. The normalized spacial score (nSPS) is 15.6. The zero-order valence-corrected chi connectivity index (χ0v) is 21.8. The molecular formula is C29H32N4O5. The van der Waals surface area contributed by atoms with Crippen molar-refractivity contribution in [2.24, 2.45) is 0 Å². The van der Waals surface area contributed by atoms with E-state index in [1.807, 2.05) is 47.4 Å². The number of methoxy groups -OCH3 is 2. The number of hydrogen-bond donors (Lipinski definition) is 3. The van der Waals surface area contributed by atoms with Crippen LogP contribution in [0.15, 0.2) is 54.6 Å². The predicted molar refractivity (Wildman–Crippen MR) is 146 cm³/mol. The summed E-state index contributed by atoms with van der Waals surface area (Å²) in [5, 5.41) is 9.19. The highest BCUT2D eigenvalue weighted by atomic mass is 16.5. The fourth-order valence-corrected chi connectivity index (χ4v) is 5.11. The van der Waals surface area contributed by atoms with Crippen LogP contribution < -0.4 is 30.3 Å². The van der Waals surface area contributed by atoms with Gasteiger partial charge in [-0.3, -0.25) is 9.59 Å². The summed E-state index contributed by atoms with van der Waals surface area (Å²) >= 11 is 0. The zero-order chi connectivity index (χ0) is 26.6. The maximum Gasteiger partial charge on any atom is 0.260 e. The van der Waals surface area contributed by atoms with Crippen LogP contribution in [-0.2, 0) is 29.2 Å². The lowest BCUT2D eigenvalue weighted by Gasteiger charge is -2.22. The molecule has 5 rings (SSSR count). The molecule has 9 nitrogen and oxygen atoms in total. The number of carbonyl (C=O) groups is 2. The van der Waals surface area contributed by atoms with Gasteiger partial charge < -0.3 is 35.1 Å². The highest BCUT2D eigenvalue weighted by Gasteiger charge is 2.37. The van der Waals surface area contributed by atoms with E-state index in [-0.39, 0.29) is 31.0 Å². The lowest BCUT2D eigenvalue weighted by atomic mass is 10.1. The monoisotopic (exact) mass is 516 g/mol. The Balaban J connectivity index is 1.39. The largest absolute Gasteiger partial charge is 0.493 e. The SMILES string of the molecule is CNCC(=O)Nc1cc(COC)cc(COc2cc3c(cc2OC)C(=O)N2c4ccccc4CC2CN3)c1. The van der Waals surface area contributed by atoms with Crippen molar-refractivity contribution in [2.75, 3.05) is 49.9 Å². The number of fused-ring (bicyclic) bond motifs is 4. The molecule has 1 unspecified atom stereocenters. The van der Waals surface area contributed by atoms with Gasteiger partial charge in [0, 0.05) is 31.1 Å². The first-order valence-electron chi connectivity index (χ1n) is 12.6. The summed E-state index contributed by atoms with van der Waals surface area (Å²) in [6.07, 6.45) is 0.814. The molecular weight excluding hydrogens is 484 g/mol. The molecule has 9 heteroatoms.